The van der Waals surface area contributed by atoms with Crippen molar-refractivity contribution < 1.29 is 8.42 Å². The molecule has 3 aromatic rings. The molecule has 0 aliphatic heterocycles. The average Bonchev–Trinajstić information content (AvgIpc) is 3.09. The van der Waals surface area contributed by atoms with Gasteiger partial charge in [-0.2, -0.15) is 0 Å². The van der Waals surface area contributed by atoms with Crippen molar-refractivity contribution in [3.63, 3.8) is 0 Å². The highest BCUT2D eigenvalue weighted by Gasteiger charge is 2.21. The minimum absolute atomic E-state index is 0.0660. The van der Waals surface area contributed by atoms with Gasteiger partial charge >= 0.3 is 0 Å². The second-order valence-electron chi connectivity index (χ2n) is 7.14. The number of aromatic nitrogens is 3. The SMILES string of the molecule is CCCCn1c(CN(C)Cc2ccc3ncccc3c2)cnc1S(=O)(=O)CC. The van der Waals surface area contributed by atoms with Crippen LogP contribution in [0.3, 0.4) is 0 Å². The maximum atomic E-state index is 12.4. The van der Waals surface area contributed by atoms with Crippen LogP contribution in [0.2, 0.25) is 0 Å². The molecule has 1 aromatic carbocycles. The second-order valence-corrected chi connectivity index (χ2v) is 9.32. The van der Waals surface area contributed by atoms with E-state index in [1.54, 1.807) is 19.3 Å². The molecule has 0 atom stereocenters. The van der Waals surface area contributed by atoms with Crippen LogP contribution in [0, 0.1) is 0 Å². The van der Waals surface area contributed by atoms with Gasteiger partial charge in [0.25, 0.3) is 0 Å². The van der Waals surface area contributed by atoms with Crippen LogP contribution in [-0.4, -0.2) is 40.7 Å². The zero-order valence-corrected chi connectivity index (χ0v) is 17.6. The van der Waals surface area contributed by atoms with E-state index >= 15 is 0 Å². The number of fused-ring (bicyclic) bond motifs is 1. The van der Waals surface area contributed by atoms with E-state index in [0.29, 0.717) is 13.1 Å². The molecule has 6 nitrogen and oxygen atoms in total. The summed E-state index contributed by atoms with van der Waals surface area (Å²) in [6.07, 6.45) is 5.44. The molecule has 2 heterocycles. The molecule has 0 spiro atoms. The number of hydrogen-bond acceptors (Lipinski definition) is 5. The molecule has 0 unspecified atom stereocenters. The van der Waals surface area contributed by atoms with Crippen LogP contribution < -0.4 is 0 Å². The minimum atomic E-state index is -3.33. The minimum Gasteiger partial charge on any atom is -0.318 e. The summed E-state index contributed by atoms with van der Waals surface area (Å²) < 4.78 is 26.7. The highest BCUT2D eigenvalue weighted by Crippen LogP contribution is 2.18. The smallest absolute Gasteiger partial charge is 0.227 e. The van der Waals surface area contributed by atoms with Crippen molar-refractivity contribution >= 4 is 20.7 Å². The Kier molecular flexibility index (Phi) is 6.46. The lowest BCUT2D eigenvalue weighted by Gasteiger charge is -2.19. The number of unbranched alkanes of at least 4 members (excludes halogenated alkanes) is 1. The van der Waals surface area contributed by atoms with Gasteiger partial charge in [0.1, 0.15) is 0 Å². The fourth-order valence-electron chi connectivity index (χ4n) is 3.32. The van der Waals surface area contributed by atoms with Gasteiger partial charge in [-0.3, -0.25) is 9.88 Å². The lowest BCUT2D eigenvalue weighted by molar-refractivity contribution is 0.307. The predicted molar refractivity (Wildman–Crippen MR) is 112 cm³/mol. The highest BCUT2D eigenvalue weighted by atomic mass is 32.2. The van der Waals surface area contributed by atoms with Crippen molar-refractivity contribution in [1.82, 2.24) is 19.4 Å². The number of rotatable bonds is 9. The molecule has 7 heteroatoms. The Bertz CT molecular complexity index is 1040. The van der Waals surface area contributed by atoms with Gasteiger partial charge in [-0.1, -0.05) is 32.4 Å². The standard InChI is InChI=1S/C21H28N4O2S/c1-4-6-12-25-19(14-23-21(25)28(26,27)5-2)16-24(3)15-17-9-10-20-18(13-17)8-7-11-22-20/h7-11,13-14H,4-6,12,15-16H2,1-3H3. The van der Waals surface area contributed by atoms with Crippen molar-refractivity contribution in [1.29, 1.82) is 0 Å². The quantitative estimate of drug-likeness (QED) is 0.548. The van der Waals surface area contributed by atoms with E-state index in [1.165, 1.54) is 5.56 Å². The molecular weight excluding hydrogens is 372 g/mol. The first-order chi connectivity index (χ1) is 13.4. The van der Waals surface area contributed by atoms with Crippen molar-refractivity contribution in [2.24, 2.45) is 0 Å². The van der Waals surface area contributed by atoms with Gasteiger partial charge in [-0.15, -0.1) is 0 Å². The molecule has 0 aliphatic carbocycles. The Balaban J connectivity index is 1.79. The van der Waals surface area contributed by atoms with E-state index in [0.717, 1.165) is 36.0 Å². The molecule has 150 valence electrons. The molecular formula is C21H28N4O2S. The summed E-state index contributed by atoms with van der Waals surface area (Å²) in [7, 11) is -1.29. The summed E-state index contributed by atoms with van der Waals surface area (Å²) in [5, 5.41) is 1.32. The van der Waals surface area contributed by atoms with Crippen LogP contribution >= 0.6 is 0 Å². The molecule has 0 N–H and O–H groups in total. The molecule has 0 saturated carbocycles. The first-order valence-electron chi connectivity index (χ1n) is 9.74. The molecule has 2 aromatic heterocycles. The molecule has 3 rings (SSSR count). The number of hydrogen-bond donors (Lipinski definition) is 0. The summed E-state index contributed by atoms with van der Waals surface area (Å²) in [4.78, 5) is 10.8. The second kappa shape index (κ2) is 8.84. The Morgan fingerprint density at radius 2 is 1.93 bits per heavy atom. The summed E-state index contributed by atoms with van der Waals surface area (Å²) in [6.45, 7) is 5.84. The molecule has 0 bridgehead atoms. The van der Waals surface area contributed by atoms with Crippen LogP contribution in [-0.2, 0) is 29.5 Å². The lowest BCUT2D eigenvalue weighted by atomic mass is 10.1. The third-order valence-electron chi connectivity index (χ3n) is 4.85. The van der Waals surface area contributed by atoms with Crippen LogP contribution in [0.15, 0.2) is 47.9 Å². The van der Waals surface area contributed by atoms with Crippen LogP contribution in [0.1, 0.15) is 37.9 Å². The summed E-state index contributed by atoms with van der Waals surface area (Å²) in [6, 6.07) is 10.3. The number of imidazole rings is 1. The van der Waals surface area contributed by atoms with Gasteiger partial charge in [-0.05, 0) is 37.2 Å². The van der Waals surface area contributed by atoms with Crippen molar-refractivity contribution in [3.8, 4) is 0 Å². The van der Waals surface area contributed by atoms with E-state index < -0.39 is 9.84 Å². The maximum Gasteiger partial charge on any atom is 0.227 e. The zero-order valence-electron chi connectivity index (χ0n) is 16.8. The van der Waals surface area contributed by atoms with Gasteiger partial charge in [-0.25, -0.2) is 13.4 Å². The Labute approximate surface area is 167 Å². The number of nitrogens with zero attached hydrogens (tertiary/aromatic N) is 4. The van der Waals surface area contributed by atoms with Crippen molar-refractivity contribution in [2.75, 3.05) is 12.8 Å². The van der Waals surface area contributed by atoms with E-state index in [2.05, 4.69) is 40.0 Å². The molecule has 0 fully saturated rings. The molecule has 0 aliphatic rings. The van der Waals surface area contributed by atoms with Gasteiger partial charge in [0.05, 0.1) is 23.2 Å². The summed E-state index contributed by atoms with van der Waals surface area (Å²) in [5.41, 5.74) is 3.12. The van der Waals surface area contributed by atoms with Crippen molar-refractivity contribution in [3.05, 3.63) is 54.0 Å². The topological polar surface area (TPSA) is 68.1 Å². The fourth-order valence-corrected chi connectivity index (χ4v) is 4.33. The molecule has 0 saturated heterocycles. The normalized spacial score (nSPS) is 12.1. The Hall–Kier alpha value is -2.25. The van der Waals surface area contributed by atoms with Gasteiger partial charge < -0.3 is 4.57 Å². The predicted octanol–water partition coefficient (Wildman–Crippen LogP) is 3.66. The van der Waals surface area contributed by atoms with Crippen LogP contribution in [0.4, 0.5) is 0 Å². The largest absolute Gasteiger partial charge is 0.318 e. The van der Waals surface area contributed by atoms with E-state index in [4.69, 9.17) is 0 Å². The van der Waals surface area contributed by atoms with Gasteiger partial charge in [0.15, 0.2) is 0 Å². The molecule has 0 radical (unpaired) electrons. The van der Waals surface area contributed by atoms with E-state index in [1.807, 2.05) is 23.7 Å². The number of sulfone groups is 1. The number of pyridine rings is 1. The van der Waals surface area contributed by atoms with E-state index in [-0.39, 0.29) is 10.9 Å². The summed E-state index contributed by atoms with van der Waals surface area (Å²) in [5.74, 6) is 0.0660. The first kappa shape index (κ1) is 20.5. The van der Waals surface area contributed by atoms with Crippen LogP contribution in [0.25, 0.3) is 10.9 Å². The van der Waals surface area contributed by atoms with Crippen LogP contribution in [0.5, 0.6) is 0 Å². The maximum absolute atomic E-state index is 12.4. The van der Waals surface area contributed by atoms with Gasteiger partial charge in [0, 0.05) is 31.2 Å². The van der Waals surface area contributed by atoms with E-state index in [9.17, 15) is 8.42 Å². The molecule has 0 amide bonds. The van der Waals surface area contributed by atoms with Crippen molar-refractivity contribution in [2.45, 2.75) is 51.5 Å². The monoisotopic (exact) mass is 400 g/mol. The first-order valence-corrected chi connectivity index (χ1v) is 11.4. The Morgan fingerprint density at radius 3 is 2.68 bits per heavy atom. The average molecular weight is 401 g/mol. The summed E-state index contributed by atoms with van der Waals surface area (Å²) >= 11 is 0. The molecule has 28 heavy (non-hydrogen) atoms. The highest BCUT2D eigenvalue weighted by molar-refractivity contribution is 7.91. The Morgan fingerprint density at radius 1 is 1.11 bits per heavy atom. The zero-order chi connectivity index (χ0) is 20.1. The third-order valence-corrected chi connectivity index (χ3v) is 6.49. The fraction of sp³-hybridized carbons (Fsp3) is 0.429. The van der Waals surface area contributed by atoms with Gasteiger partial charge in [0.2, 0.25) is 15.0 Å². The lowest BCUT2D eigenvalue weighted by Crippen LogP contribution is -2.21. The third kappa shape index (κ3) is 4.59. The number of benzene rings is 1.